The summed E-state index contributed by atoms with van der Waals surface area (Å²) >= 11 is 3.13. The lowest BCUT2D eigenvalue weighted by Crippen LogP contribution is -2.25. The van der Waals surface area contributed by atoms with Gasteiger partial charge in [-0.2, -0.15) is 5.10 Å². The van der Waals surface area contributed by atoms with Gasteiger partial charge in [-0.1, -0.05) is 11.8 Å². The van der Waals surface area contributed by atoms with Crippen LogP contribution in [0, 0.1) is 6.92 Å². The standard InChI is InChI=1S/C15H16N4O2S2/c1-10-5-6-22-13(10)7-19(2)14(20)12-4-3-11(21-12)8-23-15-16-9-17-18-15/h3-6,9H,7-8H2,1-2H3,(H,16,17,18). The van der Waals surface area contributed by atoms with Crippen molar-refractivity contribution in [3.05, 3.63) is 51.9 Å². The van der Waals surface area contributed by atoms with Crippen LogP contribution in [0.2, 0.25) is 0 Å². The Kier molecular flexibility index (Phi) is 4.82. The minimum absolute atomic E-state index is 0.117. The molecular weight excluding hydrogens is 332 g/mol. The third kappa shape index (κ3) is 3.83. The number of rotatable bonds is 6. The Morgan fingerprint density at radius 2 is 2.30 bits per heavy atom. The van der Waals surface area contributed by atoms with Crippen LogP contribution in [-0.2, 0) is 12.3 Å². The molecule has 0 fully saturated rings. The molecule has 0 bridgehead atoms. The molecule has 0 spiro atoms. The number of thioether (sulfide) groups is 1. The topological polar surface area (TPSA) is 75.0 Å². The van der Waals surface area contributed by atoms with Gasteiger partial charge in [0.25, 0.3) is 5.91 Å². The van der Waals surface area contributed by atoms with Crippen LogP contribution in [-0.4, -0.2) is 33.0 Å². The van der Waals surface area contributed by atoms with Crippen LogP contribution >= 0.6 is 23.1 Å². The fourth-order valence-electron chi connectivity index (χ4n) is 2.02. The molecule has 6 nitrogen and oxygen atoms in total. The van der Waals surface area contributed by atoms with E-state index in [4.69, 9.17) is 4.42 Å². The van der Waals surface area contributed by atoms with Crippen LogP contribution in [0.3, 0.4) is 0 Å². The fourth-order valence-corrected chi connectivity index (χ4v) is 3.65. The van der Waals surface area contributed by atoms with Crippen LogP contribution in [0.15, 0.2) is 39.5 Å². The Labute approximate surface area is 141 Å². The predicted octanol–water partition coefficient (Wildman–Crippen LogP) is 3.33. The highest BCUT2D eigenvalue weighted by atomic mass is 32.2. The molecule has 0 unspecified atom stereocenters. The number of nitrogens with zero attached hydrogens (tertiary/aromatic N) is 3. The smallest absolute Gasteiger partial charge is 0.289 e. The van der Waals surface area contributed by atoms with Gasteiger partial charge in [-0.3, -0.25) is 9.89 Å². The molecule has 1 amide bonds. The molecule has 0 saturated heterocycles. The number of hydrogen-bond acceptors (Lipinski definition) is 6. The molecule has 1 N–H and O–H groups in total. The van der Waals surface area contributed by atoms with Crippen molar-refractivity contribution in [2.45, 2.75) is 24.4 Å². The van der Waals surface area contributed by atoms with Crippen molar-refractivity contribution < 1.29 is 9.21 Å². The zero-order valence-corrected chi connectivity index (χ0v) is 14.4. The molecule has 0 radical (unpaired) electrons. The lowest BCUT2D eigenvalue weighted by atomic mass is 10.3. The van der Waals surface area contributed by atoms with Crippen molar-refractivity contribution in [3.63, 3.8) is 0 Å². The van der Waals surface area contributed by atoms with E-state index in [0.29, 0.717) is 18.1 Å². The van der Waals surface area contributed by atoms with Gasteiger partial charge in [0.2, 0.25) is 0 Å². The van der Waals surface area contributed by atoms with Crippen LogP contribution in [0.4, 0.5) is 0 Å². The molecule has 0 atom stereocenters. The number of furan rings is 1. The molecule has 0 aliphatic carbocycles. The van der Waals surface area contributed by atoms with E-state index in [1.165, 1.54) is 28.5 Å². The molecule has 3 aromatic rings. The summed E-state index contributed by atoms with van der Waals surface area (Å²) in [5.41, 5.74) is 1.21. The third-order valence-electron chi connectivity index (χ3n) is 3.31. The van der Waals surface area contributed by atoms with Gasteiger partial charge in [0.1, 0.15) is 12.1 Å². The maximum atomic E-state index is 12.4. The van der Waals surface area contributed by atoms with E-state index in [1.807, 2.05) is 11.4 Å². The minimum atomic E-state index is -0.117. The van der Waals surface area contributed by atoms with Crippen LogP contribution in [0.5, 0.6) is 0 Å². The second-order valence-corrected chi connectivity index (χ2v) is 7.00. The van der Waals surface area contributed by atoms with Crippen molar-refractivity contribution >= 4 is 29.0 Å². The van der Waals surface area contributed by atoms with Gasteiger partial charge in [-0.05, 0) is 36.1 Å². The average Bonchev–Trinajstić information content (AvgIpc) is 3.27. The number of carbonyl (C=O) groups is 1. The molecule has 3 aromatic heterocycles. The van der Waals surface area contributed by atoms with Gasteiger partial charge in [-0.15, -0.1) is 11.3 Å². The monoisotopic (exact) mass is 348 g/mol. The minimum Gasteiger partial charge on any atom is -0.455 e. The summed E-state index contributed by atoms with van der Waals surface area (Å²) < 4.78 is 5.64. The number of aromatic nitrogens is 3. The summed E-state index contributed by atoms with van der Waals surface area (Å²) in [5.74, 6) is 1.56. The maximum Gasteiger partial charge on any atom is 0.289 e. The molecule has 0 aromatic carbocycles. The fraction of sp³-hybridized carbons (Fsp3) is 0.267. The van der Waals surface area contributed by atoms with E-state index in [1.54, 1.807) is 29.4 Å². The normalized spacial score (nSPS) is 10.9. The third-order valence-corrected chi connectivity index (χ3v) is 5.22. The molecule has 120 valence electrons. The predicted molar refractivity (Wildman–Crippen MR) is 89.5 cm³/mol. The van der Waals surface area contributed by atoms with Gasteiger partial charge in [-0.25, -0.2) is 4.98 Å². The van der Waals surface area contributed by atoms with Crippen molar-refractivity contribution in [1.29, 1.82) is 0 Å². The lowest BCUT2D eigenvalue weighted by Gasteiger charge is -2.15. The number of aromatic amines is 1. The number of hydrogen-bond donors (Lipinski definition) is 1. The molecular formula is C15H16N4O2S2. The first-order valence-corrected chi connectivity index (χ1v) is 8.85. The number of carbonyl (C=O) groups excluding carboxylic acids is 1. The van der Waals surface area contributed by atoms with E-state index >= 15 is 0 Å². The number of amides is 1. The SMILES string of the molecule is Cc1ccsc1CN(C)C(=O)c1ccc(CSc2ncn[nH]2)o1. The number of thiophene rings is 1. The van der Waals surface area contributed by atoms with E-state index in [2.05, 4.69) is 28.2 Å². The Hall–Kier alpha value is -2.06. The first-order valence-electron chi connectivity index (χ1n) is 6.99. The van der Waals surface area contributed by atoms with Crippen molar-refractivity contribution in [1.82, 2.24) is 20.1 Å². The summed E-state index contributed by atoms with van der Waals surface area (Å²) in [4.78, 5) is 19.3. The maximum absolute atomic E-state index is 12.4. The van der Waals surface area contributed by atoms with Crippen molar-refractivity contribution in [3.8, 4) is 0 Å². The quantitative estimate of drug-likeness (QED) is 0.692. The van der Waals surface area contributed by atoms with Gasteiger partial charge < -0.3 is 9.32 Å². The van der Waals surface area contributed by atoms with Gasteiger partial charge >= 0.3 is 0 Å². The molecule has 0 aliphatic heterocycles. The molecule has 0 aliphatic rings. The summed E-state index contributed by atoms with van der Waals surface area (Å²) in [6.45, 7) is 2.64. The zero-order chi connectivity index (χ0) is 16.2. The van der Waals surface area contributed by atoms with Crippen LogP contribution in [0.25, 0.3) is 0 Å². The summed E-state index contributed by atoms with van der Waals surface area (Å²) in [6.07, 6.45) is 1.46. The second-order valence-electron chi connectivity index (χ2n) is 5.03. The Morgan fingerprint density at radius 1 is 1.43 bits per heavy atom. The van der Waals surface area contributed by atoms with E-state index in [-0.39, 0.29) is 5.91 Å². The summed E-state index contributed by atoms with van der Waals surface area (Å²) in [7, 11) is 1.78. The highest BCUT2D eigenvalue weighted by molar-refractivity contribution is 7.98. The average molecular weight is 348 g/mol. The Bertz CT molecular complexity index is 779. The van der Waals surface area contributed by atoms with Gasteiger partial charge in [0, 0.05) is 11.9 Å². The van der Waals surface area contributed by atoms with Crippen LogP contribution in [0.1, 0.15) is 26.8 Å². The Balaban J connectivity index is 1.60. The number of nitrogens with one attached hydrogen (secondary N) is 1. The molecule has 3 rings (SSSR count). The summed E-state index contributed by atoms with van der Waals surface area (Å²) in [5, 5.41) is 9.32. The first kappa shape index (κ1) is 15.8. The highest BCUT2D eigenvalue weighted by Crippen LogP contribution is 2.22. The lowest BCUT2D eigenvalue weighted by molar-refractivity contribution is 0.0753. The van der Waals surface area contributed by atoms with Gasteiger partial charge in [0.05, 0.1) is 12.3 Å². The van der Waals surface area contributed by atoms with E-state index in [9.17, 15) is 4.79 Å². The van der Waals surface area contributed by atoms with Gasteiger partial charge in [0.15, 0.2) is 10.9 Å². The number of H-pyrrole nitrogens is 1. The molecule has 3 heterocycles. The Morgan fingerprint density at radius 3 is 3.00 bits per heavy atom. The van der Waals surface area contributed by atoms with Crippen molar-refractivity contribution in [2.24, 2.45) is 0 Å². The molecule has 8 heteroatoms. The van der Waals surface area contributed by atoms with Crippen molar-refractivity contribution in [2.75, 3.05) is 7.05 Å². The largest absolute Gasteiger partial charge is 0.455 e. The zero-order valence-electron chi connectivity index (χ0n) is 12.8. The highest BCUT2D eigenvalue weighted by Gasteiger charge is 2.17. The van der Waals surface area contributed by atoms with Crippen LogP contribution < -0.4 is 0 Å². The van der Waals surface area contributed by atoms with E-state index < -0.39 is 0 Å². The number of aryl methyl sites for hydroxylation is 1. The molecule has 23 heavy (non-hydrogen) atoms. The molecule has 0 saturated carbocycles. The first-order chi connectivity index (χ1) is 11.1. The summed E-state index contributed by atoms with van der Waals surface area (Å²) in [6, 6.07) is 5.60. The van der Waals surface area contributed by atoms with E-state index in [0.717, 1.165) is 10.9 Å². The second kappa shape index (κ2) is 7.01.